The monoisotopic (exact) mass is 288 g/mol. The minimum atomic E-state index is -0.894. The minimum absolute atomic E-state index is 0. The van der Waals surface area contributed by atoms with E-state index in [9.17, 15) is 8.78 Å². The average Bonchev–Trinajstić information content (AvgIpc) is 2.18. The Balaban J connectivity index is 0.00000180. The summed E-state index contributed by atoms with van der Waals surface area (Å²) in [4.78, 5) is 9.23. The van der Waals surface area contributed by atoms with Gasteiger partial charge in [0.25, 0.3) is 0 Å². The van der Waals surface area contributed by atoms with Gasteiger partial charge in [-0.2, -0.15) is 4.99 Å². The van der Waals surface area contributed by atoms with Crippen molar-refractivity contribution in [1.29, 1.82) is 0 Å². The van der Waals surface area contributed by atoms with Crippen LogP contribution in [0.3, 0.4) is 0 Å². The SMILES string of the molecule is CC1(C)N=C(N)N=C(N)N1c1ccc(F)cc1F.[Cl-]. The summed E-state index contributed by atoms with van der Waals surface area (Å²) in [5, 5.41) is 0. The summed E-state index contributed by atoms with van der Waals surface area (Å²) < 4.78 is 26.7. The van der Waals surface area contributed by atoms with Gasteiger partial charge in [-0.3, -0.25) is 4.90 Å². The molecule has 0 aliphatic carbocycles. The lowest BCUT2D eigenvalue weighted by Crippen LogP contribution is -3.00. The van der Waals surface area contributed by atoms with Crippen LogP contribution in [-0.4, -0.2) is 17.6 Å². The first-order valence-electron chi connectivity index (χ1n) is 5.26. The quantitative estimate of drug-likeness (QED) is 0.637. The highest BCUT2D eigenvalue weighted by Crippen LogP contribution is 2.29. The molecular formula is C11H13ClF2N5-. The predicted octanol–water partition coefficient (Wildman–Crippen LogP) is -1.85. The van der Waals surface area contributed by atoms with Gasteiger partial charge < -0.3 is 23.9 Å². The molecule has 0 saturated carbocycles. The smallest absolute Gasteiger partial charge is 0.220 e. The summed E-state index contributed by atoms with van der Waals surface area (Å²) in [5.74, 6) is -1.37. The summed E-state index contributed by atoms with van der Waals surface area (Å²) in [5.41, 5.74) is 10.4. The molecule has 0 unspecified atom stereocenters. The first-order valence-corrected chi connectivity index (χ1v) is 5.26. The number of aliphatic imine (C=N–C) groups is 2. The number of anilines is 1. The van der Waals surface area contributed by atoms with E-state index in [2.05, 4.69) is 9.98 Å². The molecule has 0 spiro atoms. The Morgan fingerprint density at radius 3 is 2.37 bits per heavy atom. The largest absolute Gasteiger partial charge is 1.00 e. The third-order valence-electron chi connectivity index (χ3n) is 2.54. The lowest BCUT2D eigenvalue weighted by atomic mass is 10.1. The molecule has 1 aliphatic rings. The van der Waals surface area contributed by atoms with Crippen molar-refractivity contribution in [1.82, 2.24) is 0 Å². The lowest BCUT2D eigenvalue weighted by molar-refractivity contribution is -0.00000584. The van der Waals surface area contributed by atoms with Crippen LogP contribution in [0, 0.1) is 11.6 Å². The Morgan fingerprint density at radius 2 is 1.84 bits per heavy atom. The van der Waals surface area contributed by atoms with Gasteiger partial charge in [0, 0.05) is 6.07 Å². The Kier molecular flexibility index (Phi) is 4.00. The fraction of sp³-hybridized carbons (Fsp3) is 0.273. The molecule has 1 aromatic rings. The molecule has 19 heavy (non-hydrogen) atoms. The second-order valence-electron chi connectivity index (χ2n) is 4.37. The summed E-state index contributed by atoms with van der Waals surface area (Å²) in [6.45, 7) is 3.40. The van der Waals surface area contributed by atoms with Crippen molar-refractivity contribution in [3.05, 3.63) is 29.8 Å². The molecule has 4 N–H and O–H groups in total. The number of nitrogens with two attached hydrogens (primary N) is 2. The number of halogens is 3. The van der Waals surface area contributed by atoms with Gasteiger partial charge in [-0.15, -0.1) is 0 Å². The van der Waals surface area contributed by atoms with Gasteiger partial charge in [-0.25, -0.2) is 13.8 Å². The number of nitrogens with zero attached hydrogens (tertiary/aromatic N) is 3. The van der Waals surface area contributed by atoms with Crippen LogP contribution in [0.15, 0.2) is 28.2 Å². The number of hydrogen-bond acceptors (Lipinski definition) is 5. The summed E-state index contributed by atoms with van der Waals surface area (Å²) in [6, 6.07) is 3.20. The molecule has 0 amide bonds. The van der Waals surface area contributed by atoms with Gasteiger partial charge >= 0.3 is 0 Å². The number of guanidine groups is 2. The minimum Gasteiger partial charge on any atom is -1.00 e. The van der Waals surface area contributed by atoms with Crippen molar-refractivity contribution in [3.8, 4) is 0 Å². The molecule has 0 atom stereocenters. The Bertz CT molecular complexity index is 556. The van der Waals surface area contributed by atoms with Gasteiger partial charge in [0.2, 0.25) is 11.9 Å². The van der Waals surface area contributed by atoms with Gasteiger partial charge in [-0.05, 0) is 26.0 Å². The topological polar surface area (TPSA) is 80.0 Å². The number of hydrogen-bond donors (Lipinski definition) is 2. The first-order chi connectivity index (χ1) is 8.31. The first kappa shape index (κ1) is 15.2. The van der Waals surface area contributed by atoms with Crippen molar-refractivity contribution >= 4 is 17.6 Å². The summed E-state index contributed by atoms with van der Waals surface area (Å²) in [6.07, 6.45) is 0. The Morgan fingerprint density at radius 1 is 1.21 bits per heavy atom. The van der Waals surface area contributed by atoms with Crippen LogP contribution in [0.1, 0.15) is 13.8 Å². The third kappa shape index (κ3) is 2.76. The average molecular weight is 289 g/mol. The zero-order chi connectivity index (χ0) is 13.5. The predicted molar refractivity (Wildman–Crippen MR) is 66.2 cm³/mol. The zero-order valence-corrected chi connectivity index (χ0v) is 11.1. The fourth-order valence-electron chi connectivity index (χ4n) is 1.88. The highest BCUT2D eigenvalue weighted by molar-refractivity contribution is 6.05. The van der Waals surface area contributed by atoms with Crippen molar-refractivity contribution in [2.45, 2.75) is 19.5 Å². The molecule has 5 nitrogen and oxygen atoms in total. The van der Waals surface area contributed by atoms with E-state index in [0.29, 0.717) is 0 Å². The van der Waals surface area contributed by atoms with E-state index >= 15 is 0 Å². The molecule has 0 fully saturated rings. The van der Waals surface area contributed by atoms with Crippen molar-refractivity contribution < 1.29 is 21.2 Å². The lowest BCUT2D eigenvalue weighted by Gasteiger charge is -2.38. The number of benzene rings is 1. The van der Waals surface area contributed by atoms with Crippen LogP contribution >= 0.6 is 0 Å². The van der Waals surface area contributed by atoms with Gasteiger partial charge in [-0.1, -0.05) is 0 Å². The Hall–Kier alpha value is -1.89. The molecule has 104 valence electrons. The van der Waals surface area contributed by atoms with Crippen LogP contribution in [0.4, 0.5) is 14.5 Å². The third-order valence-corrected chi connectivity index (χ3v) is 2.54. The number of rotatable bonds is 1. The molecular weight excluding hydrogens is 276 g/mol. The Labute approximate surface area is 115 Å². The molecule has 0 radical (unpaired) electrons. The fourth-order valence-corrected chi connectivity index (χ4v) is 1.88. The van der Waals surface area contributed by atoms with E-state index in [0.717, 1.165) is 12.1 Å². The van der Waals surface area contributed by atoms with Crippen molar-refractivity contribution in [2.75, 3.05) is 4.90 Å². The van der Waals surface area contributed by atoms with E-state index in [1.54, 1.807) is 13.8 Å². The highest BCUT2D eigenvalue weighted by atomic mass is 35.5. The molecule has 0 aromatic heterocycles. The molecule has 1 heterocycles. The second kappa shape index (κ2) is 5.00. The van der Waals surface area contributed by atoms with E-state index in [1.165, 1.54) is 11.0 Å². The molecule has 0 bridgehead atoms. The maximum absolute atomic E-state index is 13.8. The van der Waals surface area contributed by atoms with E-state index in [4.69, 9.17) is 11.5 Å². The van der Waals surface area contributed by atoms with E-state index in [1.807, 2.05) is 0 Å². The van der Waals surface area contributed by atoms with E-state index < -0.39 is 17.3 Å². The van der Waals surface area contributed by atoms with Gasteiger partial charge in [0.1, 0.15) is 17.3 Å². The van der Waals surface area contributed by atoms with Crippen LogP contribution in [-0.2, 0) is 0 Å². The molecule has 0 saturated heterocycles. The van der Waals surface area contributed by atoms with Crippen LogP contribution < -0.4 is 28.8 Å². The maximum atomic E-state index is 13.8. The highest BCUT2D eigenvalue weighted by Gasteiger charge is 2.34. The maximum Gasteiger partial charge on any atom is 0.220 e. The van der Waals surface area contributed by atoms with E-state index in [-0.39, 0.29) is 30.0 Å². The summed E-state index contributed by atoms with van der Waals surface area (Å²) in [7, 11) is 0. The standard InChI is InChI=1S/C11H13F2N5.ClH/c1-11(2)17-9(14)16-10(15)18(11)8-4-3-6(12)5-7(8)13;/h3-5H,1-2H3,(H4,14,15,16,17);1H/p-1. The zero-order valence-electron chi connectivity index (χ0n) is 10.4. The molecule has 2 rings (SSSR count). The van der Waals surface area contributed by atoms with Crippen molar-refractivity contribution in [3.63, 3.8) is 0 Å². The van der Waals surface area contributed by atoms with Crippen LogP contribution in [0.2, 0.25) is 0 Å². The molecule has 1 aliphatic heterocycles. The summed E-state index contributed by atoms with van der Waals surface area (Å²) >= 11 is 0. The van der Waals surface area contributed by atoms with Crippen molar-refractivity contribution in [2.24, 2.45) is 21.5 Å². The van der Waals surface area contributed by atoms with Gasteiger partial charge in [0.15, 0.2) is 0 Å². The van der Waals surface area contributed by atoms with Crippen LogP contribution in [0.25, 0.3) is 0 Å². The second-order valence-corrected chi connectivity index (χ2v) is 4.37. The molecule has 1 aromatic carbocycles. The van der Waals surface area contributed by atoms with Gasteiger partial charge in [0.05, 0.1) is 5.69 Å². The normalized spacial score (nSPS) is 17.4. The van der Waals surface area contributed by atoms with Crippen LogP contribution in [0.5, 0.6) is 0 Å². The molecule has 8 heteroatoms.